The molecule has 1 saturated carbocycles. The largest absolute Gasteiger partial charge is 0.497 e. The molecule has 1 saturated heterocycles. The number of carbonyl (C=O) groups is 3. The van der Waals surface area contributed by atoms with Crippen molar-refractivity contribution in [1.82, 2.24) is 20.2 Å². The molecule has 1 aliphatic heterocycles. The number of rotatable bonds is 12. The summed E-state index contributed by atoms with van der Waals surface area (Å²) in [5.41, 5.74) is 1.24. The third kappa shape index (κ3) is 7.63. The molecule has 5 unspecified atom stereocenters. The highest BCUT2D eigenvalue weighted by molar-refractivity contribution is 5.91. The molecule has 11 nitrogen and oxygen atoms in total. The Bertz CT molecular complexity index is 1370. The summed E-state index contributed by atoms with van der Waals surface area (Å²) in [6.07, 6.45) is 5.08. The molecule has 2 amide bonds. The Morgan fingerprint density at radius 1 is 1.12 bits per heavy atom. The number of allylic oxidation sites excluding steroid dienone is 2. The predicted molar refractivity (Wildman–Crippen MR) is 161 cm³/mol. The Balaban J connectivity index is 1.56. The average molecular weight is 595 g/mol. The number of benzene rings is 1. The van der Waals surface area contributed by atoms with E-state index in [1.54, 1.807) is 25.3 Å². The van der Waals surface area contributed by atoms with E-state index in [0.29, 0.717) is 41.2 Å². The Morgan fingerprint density at radius 2 is 1.88 bits per heavy atom. The average Bonchev–Trinajstić information content (AvgIpc) is 3.55. The standard InChI is InChI=1S/C32H42N4O7/c1-8-10-12-23-28(34-24-16-20(40-6)13-14-22(24)33-23)42-21-17-25(30(38)41-7)36(18-21)29(37)27(32(3,4)5)35-31(39)43-26-15-19(26)11-9-2/h8-9,13-14,16,19,21,25-27H,1-2,10-12,15,17-18H2,3-7H3,(H,35,39). The van der Waals surface area contributed by atoms with Crippen LogP contribution in [0.3, 0.4) is 0 Å². The molecule has 43 heavy (non-hydrogen) atoms. The lowest BCUT2D eigenvalue weighted by atomic mass is 9.85. The minimum atomic E-state index is -0.960. The van der Waals surface area contributed by atoms with E-state index in [4.69, 9.17) is 28.9 Å². The van der Waals surface area contributed by atoms with Gasteiger partial charge in [0, 0.05) is 18.4 Å². The second-order valence-corrected chi connectivity index (χ2v) is 12.1. The van der Waals surface area contributed by atoms with Gasteiger partial charge in [-0.25, -0.2) is 19.6 Å². The van der Waals surface area contributed by atoms with Crippen LogP contribution in [0.15, 0.2) is 43.5 Å². The van der Waals surface area contributed by atoms with Gasteiger partial charge >= 0.3 is 12.1 Å². The zero-order valence-corrected chi connectivity index (χ0v) is 25.6. The number of hydrogen-bond donors (Lipinski definition) is 1. The Labute approximate surface area is 252 Å². The van der Waals surface area contributed by atoms with Crippen LogP contribution in [-0.2, 0) is 25.5 Å². The van der Waals surface area contributed by atoms with Gasteiger partial charge in [-0.15, -0.1) is 13.2 Å². The Kier molecular flexibility index (Phi) is 9.93. The van der Waals surface area contributed by atoms with E-state index in [0.717, 1.165) is 12.8 Å². The summed E-state index contributed by atoms with van der Waals surface area (Å²) in [6, 6.07) is 3.55. The van der Waals surface area contributed by atoms with Crippen LogP contribution in [0.25, 0.3) is 11.0 Å². The third-order valence-corrected chi connectivity index (χ3v) is 7.75. The van der Waals surface area contributed by atoms with Crippen LogP contribution in [0.2, 0.25) is 0 Å². The van der Waals surface area contributed by atoms with Gasteiger partial charge in [0.15, 0.2) is 0 Å². The summed E-state index contributed by atoms with van der Waals surface area (Å²) in [5.74, 6) is 0.208. The predicted octanol–water partition coefficient (Wildman–Crippen LogP) is 4.38. The smallest absolute Gasteiger partial charge is 0.408 e. The van der Waals surface area contributed by atoms with Crippen LogP contribution in [0.5, 0.6) is 11.6 Å². The van der Waals surface area contributed by atoms with Crippen LogP contribution in [0.4, 0.5) is 4.79 Å². The molecular weight excluding hydrogens is 552 g/mol. The molecule has 2 fully saturated rings. The molecule has 4 rings (SSSR count). The maximum atomic E-state index is 14.0. The molecule has 232 valence electrons. The highest BCUT2D eigenvalue weighted by Crippen LogP contribution is 2.37. The molecule has 2 aromatic rings. The molecule has 5 atom stereocenters. The van der Waals surface area contributed by atoms with Crippen LogP contribution in [0, 0.1) is 11.3 Å². The quantitative estimate of drug-likeness (QED) is 0.281. The van der Waals surface area contributed by atoms with Crippen molar-refractivity contribution in [3.05, 3.63) is 49.2 Å². The van der Waals surface area contributed by atoms with Gasteiger partial charge in [0.1, 0.15) is 35.7 Å². The zero-order chi connectivity index (χ0) is 31.3. The summed E-state index contributed by atoms with van der Waals surface area (Å²) < 4.78 is 22.3. The van der Waals surface area contributed by atoms with Gasteiger partial charge in [-0.3, -0.25) is 4.79 Å². The van der Waals surface area contributed by atoms with Gasteiger partial charge in [-0.1, -0.05) is 32.9 Å². The monoisotopic (exact) mass is 594 g/mol. The highest BCUT2D eigenvalue weighted by atomic mass is 16.6. The highest BCUT2D eigenvalue weighted by Gasteiger charge is 2.47. The van der Waals surface area contributed by atoms with Crippen molar-refractivity contribution in [3.63, 3.8) is 0 Å². The molecule has 1 aliphatic carbocycles. The first-order chi connectivity index (χ1) is 20.5. The molecule has 1 aromatic heterocycles. The molecule has 0 bridgehead atoms. The van der Waals surface area contributed by atoms with Crippen LogP contribution < -0.4 is 14.8 Å². The van der Waals surface area contributed by atoms with Gasteiger partial charge < -0.3 is 29.2 Å². The van der Waals surface area contributed by atoms with E-state index in [2.05, 4.69) is 18.5 Å². The third-order valence-electron chi connectivity index (χ3n) is 7.75. The second-order valence-electron chi connectivity index (χ2n) is 12.1. The van der Waals surface area contributed by atoms with Gasteiger partial charge in [-0.05, 0) is 43.2 Å². The first kappa shape index (κ1) is 31.8. The maximum absolute atomic E-state index is 14.0. The molecule has 0 radical (unpaired) electrons. The first-order valence-corrected chi connectivity index (χ1v) is 14.6. The molecule has 1 N–H and O–H groups in total. The number of aryl methyl sites for hydroxylation is 1. The number of nitrogens with zero attached hydrogens (tertiary/aromatic N) is 3. The first-order valence-electron chi connectivity index (χ1n) is 14.6. The van der Waals surface area contributed by atoms with Crippen molar-refractivity contribution in [2.45, 2.75) is 77.2 Å². The minimum Gasteiger partial charge on any atom is -0.497 e. The summed E-state index contributed by atoms with van der Waals surface area (Å²) in [7, 11) is 2.85. The van der Waals surface area contributed by atoms with E-state index in [-0.39, 0.29) is 25.0 Å². The normalized spacial score (nSPS) is 21.9. The lowest BCUT2D eigenvalue weighted by Gasteiger charge is -2.34. The lowest BCUT2D eigenvalue weighted by molar-refractivity contribution is -0.152. The van der Waals surface area contributed by atoms with E-state index >= 15 is 0 Å². The van der Waals surface area contributed by atoms with Gasteiger partial charge in [0.2, 0.25) is 11.8 Å². The van der Waals surface area contributed by atoms with Gasteiger partial charge in [0.05, 0.1) is 31.8 Å². The number of nitrogens with one attached hydrogen (secondary N) is 1. The van der Waals surface area contributed by atoms with Crippen molar-refractivity contribution < 1.29 is 33.3 Å². The molecule has 2 aliphatic rings. The minimum absolute atomic E-state index is 0.0880. The fourth-order valence-corrected chi connectivity index (χ4v) is 5.25. The van der Waals surface area contributed by atoms with E-state index in [1.807, 2.05) is 32.9 Å². The number of likely N-dealkylation sites (tertiary alicyclic amines) is 1. The number of esters is 1. The number of amides is 2. The lowest BCUT2D eigenvalue weighted by Crippen LogP contribution is -2.57. The molecule has 2 heterocycles. The number of methoxy groups -OCH3 is 2. The number of hydrogen-bond acceptors (Lipinski definition) is 9. The van der Waals surface area contributed by atoms with Gasteiger partial charge in [-0.2, -0.15) is 0 Å². The van der Waals surface area contributed by atoms with E-state index in [9.17, 15) is 14.4 Å². The number of aromatic nitrogens is 2. The van der Waals surface area contributed by atoms with Crippen molar-refractivity contribution in [1.29, 1.82) is 0 Å². The van der Waals surface area contributed by atoms with Crippen molar-refractivity contribution in [2.75, 3.05) is 20.8 Å². The van der Waals surface area contributed by atoms with E-state index in [1.165, 1.54) is 12.0 Å². The van der Waals surface area contributed by atoms with Crippen molar-refractivity contribution in [2.24, 2.45) is 11.3 Å². The molecule has 11 heteroatoms. The zero-order valence-electron chi connectivity index (χ0n) is 25.6. The van der Waals surface area contributed by atoms with Crippen LogP contribution in [0.1, 0.15) is 52.1 Å². The Hall–Kier alpha value is -4.15. The SMILES string of the molecule is C=CCCc1nc2ccc(OC)cc2nc1OC1CC(C(=O)OC)N(C(=O)C(NC(=O)OC2CC2CC=C)C(C)(C)C)C1. The topological polar surface area (TPSA) is 129 Å². The molecular formula is C32H42N4O7. The fraction of sp³-hybridized carbons (Fsp3) is 0.531. The number of carbonyl (C=O) groups excluding carboxylic acids is 3. The summed E-state index contributed by atoms with van der Waals surface area (Å²) in [6.45, 7) is 13.2. The fourth-order valence-electron chi connectivity index (χ4n) is 5.25. The Morgan fingerprint density at radius 3 is 2.53 bits per heavy atom. The maximum Gasteiger partial charge on any atom is 0.408 e. The number of ether oxygens (including phenoxy) is 4. The molecule has 1 aromatic carbocycles. The van der Waals surface area contributed by atoms with E-state index < -0.39 is 41.6 Å². The number of fused-ring (bicyclic) bond motifs is 1. The summed E-state index contributed by atoms with van der Waals surface area (Å²) in [4.78, 5) is 50.6. The van der Waals surface area contributed by atoms with Crippen molar-refractivity contribution >= 4 is 29.0 Å². The summed E-state index contributed by atoms with van der Waals surface area (Å²) >= 11 is 0. The molecule has 0 spiro atoms. The van der Waals surface area contributed by atoms with Crippen LogP contribution in [-0.4, -0.2) is 77.9 Å². The van der Waals surface area contributed by atoms with Crippen LogP contribution >= 0.6 is 0 Å². The number of alkyl carbamates (subject to hydrolysis) is 1. The van der Waals surface area contributed by atoms with Gasteiger partial charge in [0.25, 0.3) is 0 Å². The van der Waals surface area contributed by atoms with Crippen molar-refractivity contribution in [3.8, 4) is 11.6 Å². The summed E-state index contributed by atoms with van der Waals surface area (Å²) in [5, 5.41) is 2.76. The second kappa shape index (κ2) is 13.4.